The van der Waals surface area contributed by atoms with E-state index in [2.05, 4.69) is 15.4 Å². The number of carbonyl (C=O) groups is 2. The maximum Gasteiger partial charge on any atom is 0.255 e. The highest BCUT2D eigenvalue weighted by molar-refractivity contribution is 5.96. The lowest BCUT2D eigenvalue weighted by Gasteiger charge is -2.20. The van der Waals surface area contributed by atoms with Gasteiger partial charge in [-0.15, -0.1) is 0 Å². The molecule has 1 aromatic carbocycles. The molecule has 0 spiro atoms. The second kappa shape index (κ2) is 7.49. The third-order valence-corrected chi connectivity index (χ3v) is 4.76. The van der Waals surface area contributed by atoms with Gasteiger partial charge in [0.05, 0.1) is 29.6 Å². The van der Waals surface area contributed by atoms with Gasteiger partial charge in [0.1, 0.15) is 0 Å². The van der Waals surface area contributed by atoms with Crippen LogP contribution in [-0.2, 0) is 19.6 Å². The number of rotatable bonds is 4. The standard InChI is InChI=1S/C20H21N5O2/c26-19(22-11-15-5-2-1-3-6-15)17-13-23-25-10-4-9-24(14-18(17)25)20(27)16-7-8-21-12-16/h1-3,5-8,12-13,21H,4,9-11,14H2,(H,22,26). The van der Waals surface area contributed by atoms with E-state index in [1.165, 1.54) is 0 Å². The number of nitrogens with zero attached hydrogens (tertiary/aromatic N) is 3. The molecule has 1 aliphatic heterocycles. The summed E-state index contributed by atoms with van der Waals surface area (Å²) in [5, 5.41) is 7.30. The first kappa shape index (κ1) is 17.1. The van der Waals surface area contributed by atoms with Crippen molar-refractivity contribution in [2.75, 3.05) is 6.54 Å². The lowest BCUT2D eigenvalue weighted by atomic mass is 10.2. The lowest BCUT2D eigenvalue weighted by Crippen LogP contribution is -2.31. The topological polar surface area (TPSA) is 83.0 Å². The minimum Gasteiger partial charge on any atom is -0.367 e. The van der Waals surface area contributed by atoms with E-state index in [0.29, 0.717) is 37.3 Å². The summed E-state index contributed by atoms with van der Waals surface area (Å²) in [7, 11) is 0. The van der Waals surface area contributed by atoms with Crippen LogP contribution in [-0.4, -0.2) is 38.0 Å². The molecule has 1 aliphatic rings. The van der Waals surface area contributed by atoms with Crippen molar-refractivity contribution in [3.05, 3.63) is 77.4 Å². The molecule has 0 unspecified atom stereocenters. The van der Waals surface area contributed by atoms with Crippen LogP contribution >= 0.6 is 0 Å². The molecule has 7 nitrogen and oxygen atoms in total. The largest absolute Gasteiger partial charge is 0.367 e. The number of amides is 2. The van der Waals surface area contributed by atoms with E-state index >= 15 is 0 Å². The third-order valence-electron chi connectivity index (χ3n) is 4.76. The minimum absolute atomic E-state index is 0.0402. The fourth-order valence-electron chi connectivity index (χ4n) is 3.32. The summed E-state index contributed by atoms with van der Waals surface area (Å²) >= 11 is 0. The molecule has 0 bridgehead atoms. The van der Waals surface area contributed by atoms with Gasteiger partial charge in [-0.3, -0.25) is 14.3 Å². The van der Waals surface area contributed by atoms with E-state index in [4.69, 9.17) is 0 Å². The Morgan fingerprint density at radius 2 is 2.00 bits per heavy atom. The lowest BCUT2D eigenvalue weighted by molar-refractivity contribution is 0.0743. The number of hydrogen-bond acceptors (Lipinski definition) is 3. The van der Waals surface area contributed by atoms with Crippen molar-refractivity contribution in [2.24, 2.45) is 0 Å². The molecule has 7 heteroatoms. The summed E-state index contributed by atoms with van der Waals surface area (Å²) in [4.78, 5) is 30.1. The predicted octanol–water partition coefficient (Wildman–Crippen LogP) is 2.19. The molecule has 2 N–H and O–H groups in total. The summed E-state index contributed by atoms with van der Waals surface area (Å²) in [6.07, 6.45) is 5.83. The van der Waals surface area contributed by atoms with Crippen LogP contribution in [0, 0.1) is 0 Å². The first-order valence-corrected chi connectivity index (χ1v) is 9.01. The first-order valence-electron chi connectivity index (χ1n) is 9.01. The van der Waals surface area contributed by atoms with Crippen molar-refractivity contribution in [1.82, 2.24) is 25.0 Å². The summed E-state index contributed by atoms with van der Waals surface area (Å²) < 4.78 is 1.84. The molecular formula is C20H21N5O2. The third kappa shape index (κ3) is 3.62. The number of carbonyl (C=O) groups excluding carboxylic acids is 2. The van der Waals surface area contributed by atoms with Crippen LogP contribution in [0.2, 0.25) is 0 Å². The maximum atomic E-state index is 12.7. The van der Waals surface area contributed by atoms with Gasteiger partial charge in [-0.05, 0) is 18.1 Å². The van der Waals surface area contributed by atoms with Gasteiger partial charge in [0, 0.05) is 32.0 Å². The van der Waals surface area contributed by atoms with Gasteiger partial charge in [0.2, 0.25) is 0 Å². The monoisotopic (exact) mass is 363 g/mol. The van der Waals surface area contributed by atoms with Crippen molar-refractivity contribution in [1.29, 1.82) is 0 Å². The van der Waals surface area contributed by atoms with Crippen LogP contribution in [0.1, 0.15) is 38.4 Å². The zero-order chi connectivity index (χ0) is 18.6. The second-order valence-electron chi connectivity index (χ2n) is 6.58. The summed E-state index contributed by atoms with van der Waals surface area (Å²) in [5.74, 6) is -0.211. The Kier molecular flexibility index (Phi) is 4.74. The summed E-state index contributed by atoms with van der Waals surface area (Å²) in [6, 6.07) is 11.5. The average molecular weight is 363 g/mol. The number of aromatic nitrogens is 3. The van der Waals surface area contributed by atoms with Crippen molar-refractivity contribution in [3.8, 4) is 0 Å². The second-order valence-corrected chi connectivity index (χ2v) is 6.58. The molecule has 2 aromatic heterocycles. The molecule has 27 heavy (non-hydrogen) atoms. The smallest absolute Gasteiger partial charge is 0.255 e. The van der Waals surface area contributed by atoms with E-state index in [9.17, 15) is 9.59 Å². The minimum atomic E-state index is -0.170. The van der Waals surface area contributed by atoms with Crippen LogP contribution in [0.4, 0.5) is 0 Å². The van der Waals surface area contributed by atoms with Gasteiger partial charge < -0.3 is 15.2 Å². The van der Waals surface area contributed by atoms with E-state index in [1.807, 2.05) is 35.0 Å². The Morgan fingerprint density at radius 1 is 1.15 bits per heavy atom. The van der Waals surface area contributed by atoms with E-state index in [-0.39, 0.29) is 11.8 Å². The Bertz CT molecular complexity index is 931. The summed E-state index contributed by atoms with van der Waals surface area (Å²) in [6.45, 7) is 2.16. The maximum absolute atomic E-state index is 12.7. The van der Waals surface area contributed by atoms with Crippen LogP contribution < -0.4 is 5.32 Å². The molecular weight excluding hydrogens is 342 g/mol. The highest BCUT2D eigenvalue weighted by atomic mass is 16.2. The number of aromatic amines is 1. The SMILES string of the molecule is O=C(NCc1ccccc1)c1cnn2c1CN(C(=O)c1cc[nH]c1)CCC2. The van der Waals surface area contributed by atoms with Crippen LogP contribution in [0.5, 0.6) is 0 Å². The van der Waals surface area contributed by atoms with Crippen molar-refractivity contribution < 1.29 is 9.59 Å². The normalized spacial score (nSPS) is 13.7. The number of benzene rings is 1. The van der Waals surface area contributed by atoms with E-state index in [0.717, 1.165) is 17.7 Å². The number of hydrogen-bond donors (Lipinski definition) is 2. The fraction of sp³-hybridized carbons (Fsp3) is 0.250. The zero-order valence-corrected chi connectivity index (χ0v) is 14.9. The van der Waals surface area contributed by atoms with Crippen LogP contribution in [0.15, 0.2) is 55.0 Å². The highest BCUT2D eigenvalue weighted by Crippen LogP contribution is 2.18. The number of H-pyrrole nitrogens is 1. The van der Waals surface area contributed by atoms with Crippen molar-refractivity contribution in [3.63, 3.8) is 0 Å². The number of aryl methyl sites for hydroxylation is 1. The number of nitrogens with one attached hydrogen (secondary N) is 2. The van der Waals surface area contributed by atoms with Gasteiger partial charge in [0.15, 0.2) is 0 Å². The highest BCUT2D eigenvalue weighted by Gasteiger charge is 2.25. The van der Waals surface area contributed by atoms with Crippen LogP contribution in [0.3, 0.4) is 0 Å². The van der Waals surface area contributed by atoms with Crippen molar-refractivity contribution >= 4 is 11.8 Å². The first-order chi connectivity index (χ1) is 13.2. The predicted molar refractivity (Wildman–Crippen MR) is 100.0 cm³/mol. The van der Waals surface area contributed by atoms with Gasteiger partial charge in [-0.25, -0.2) is 0 Å². The molecule has 4 rings (SSSR count). The Hall–Kier alpha value is -3.35. The average Bonchev–Trinajstić information content (AvgIpc) is 3.32. The molecule has 0 saturated heterocycles. The number of fused-ring (bicyclic) bond motifs is 1. The molecule has 3 heterocycles. The zero-order valence-electron chi connectivity index (χ0n) is 14.9. The molecule has 3 aromatic rings. The molecule has 0 saturated carbocycles. The van der Waals surface area contributed by atoms with Gasteiger partial charge >= 0.3 is 0 Å². The van der Waals surface area contributed by atoms with Gasteiger partial charge in [-0.1, -0.05) is 30.3 Å². The van der Waals surface area contributed by atoms with Gasteiger partial charge in [0.25, 0.3) is 11.8 Å². The fourth-order valence-corrected chi connectivity index (χ4v) is 3.32. The molecule has 0 aliphatic carbocycles. The molecule has 138 valence electrons. The molecule has 0 atom stereocenters. The molecule has 0 radical (unpaired) electrons. The Balaban J connectivity index is 1.51. The van der Waals surface area contributed by atoms with Crippen LogP contribution in [0.25, 0.3) is 0 Å². The Morgan fingerprint density at radius 3 is 2.78 bits per heavy atom. The van der Waals surface area contributed by atoms with E-state index in [1.54, 1.807) is 29.6 Å². The Labute approximate surface area is 157 Å². The van der Waals surface area contributed by atoms with Crippen molar-refractivity contribution in [2.45, 2.75) is 26.1 Å². The van der Waals surface area contributed by atoms with E-state index < -0.39 is 0 Å². The molecule has 2 amide bonds. The summed E-state index contributed by atoms with van der Waals surface area (Å²) in [5.41, 5.74) is 2.97. The quantitative estimate of drug-likeness (QED) is 0.745. The molecule has 0 fully saturated rings. The van der Waals surface area contributed by atoms with Gasteiger partial charge in [-0.2, -0.15) is 5.10 Å².